The van der Waals surface area contributed by atoms with Gasteiger partial charge in [0, 0.05) is 6.42 Å². The van der Waals surface area contributed by atoms with Crippen LogP contribution in [0.15, 0.2) is 18.2 Å². The van der Waals surface area contributed by atoms with Crippen molar-refractivity contribution in [3.63, 3.8) is 0 Å². The average Bonchev–Trinajstić information content (AvgIpc) is 2.49. The number of unbranched alkanes of at least 4 members (excludes halogenated alkanes) is 1. The lowest BCUT2D eigenvalue weighted by atomic mass is 9.86. The molecule has 0 saturated heterocycles. The van der Waals surface area contributed by atoms with Gasteiger partial charge in [-0.15, -0.1) is 0 Å². The van der Waals surface area contributed by atoms with E-state index in [9.17, 15) is 13.2 Å². The normalized spacial score (nSPS) is 11.8. The van der Waals surface area contributed by atoms with Crippen molar-refractivity contribution in [3.8, 4) is 5.75 Å². The molecule has 132 valence electrons. The number of benzene rings is 1. The highest BCUT2D eigenvalue weighted by Crippen LogP contribution is 2.34. The van der Waals surface area contributed by atoms with Gasteiger partial charge < -0.3 is 4.74 Å². The zero-order valence-corrected chi connectivity index (χ0v) is 15.1. The van der Waals surface area contributed by atoms with Crippen LogP contribution in [0.4, 0.5) is 5.69 Å². The Bertz CT molecular complexity index is 733. The first-order valence-electron chi connectivity index (χ1n) is 7.76. The molecule has 1 aromatic rings. The Morgan fingerprint density at radius 2 is 2.04 bits per heavy atom. The minimum atomic E-state index is -3.75. The average molecular weight is 352 g/mol. The third kappa shape index (κ3) is 5.95. The maximum atomic E-state index is 12.2. The molecule has 0 atom stereocenters. The fraction of sp³-hybridized carbons (Fsp3) is 0.529. The Morgan fingerprint density at radius 1 is 1.38 bits per heavy atom. The monoisotopic (exact) mass is 352 g/mol. The van der Waals surface area contributed by atoms with E-state index in [1.807, 2.05) is 6.92 Å². The number of ether oxygens (including phenoxy) is 1. The minimum Gasteiger partial charge on any atom is -0.504 e. The second-order valence-corrected chi connectivity index (χ2v) is 8.00. The number of para-hydroxylation sites is 1. The second-order valence-electron chi connectivity index (χ2n) is 6.38. The molecular weight excluding hydrogens is 328 g/mol. The molecule has 1 aromatic carbocycles. The smallest absolute Gasteiger partial charge is 0.232 e. The molecule has 6 nitrogen and oxygen atoms in total. The molecule has 0 aliphatic rings. The van der Waals surface area contributed by atoms with Crippen molar-refractivity contribution in [2.45, 2.75) is 45.8 Å². The summed E-state index contributed by atoms with van der Waals surface area (Å²) in [5.74, 6) is -0.0577. The Balaban J connectivity index is 2.94. The highest BCUT2D eigenvalue weighted by Gasteiger charge is 2.28. The molecule has 0 heterocycles. The van der Waals surface area contributed by atoms with Crippen LogP contribution < -0.4 is 9.88 Å². The Hall–Kier alpha value is -1.91. The van der Waals surface area contributed by atoms with E-state index in [2.05, 4.69) is 4.85 Å². The second kappa shape index (κ2) is 8.27. The van der Waals surface area contributed by atoms with Crippen LogP contribution in [-0.4, -0.2) is 20.8 Å². The van der Waals surface area contributed by atoms with Crippen LogP contribution in [0.2, 0.25) is 0 Å². The van der Waals surface area contributed by atoms with E-state index in [1.54, 1.807) is 26.0 Å². The minimum absolute atomic E-state index is 0.106. The third-order valence-corrected chi connectivity index (χ3v) is 4.37. The van der Waals surface area contributed by atoms with Gasteiger partial charge >= 0.3 is 0 Å². The van der Waals surface area contributed by atoms with Crippen molar-refractivity contribution in [1.29, 1.82) is 0 Å². The topological polar surface area (TPSA) is 90.8 Å². The number of rotatable bonds is 9. The molecule has 0 fully saturated rings. The van der Waals surface area contributed by atoms with Gasteiger partial charge in [-0.1, -0.05) is 25.5 Å². The summed E-state index contributed by atoms with van der Waals surface area (Å²) in [5.41, 5.74) is -0.270. The predicted molar refractivity (Wildman–Crippen MR) is 93.3 cm³/mol. The van der Waals surface area contributed by atoms with Gasteiger partial charge in [-0.3, -0.25) is 4.79 Å². The number of nitrogens with two attached hydrogens (primary N) is 1. The van der Waals surface area contributed by atoms with E-state index >= 15 is 0 Å². The van der Waals surface area contributed by atoms with E-state index in [0.717, 1.165) is 12.8 Å². The van der Waals surface area contributed by atoms with E-state index in [4.69, 9.17) is 16.4 Å². The summed E-state index contributed by atoms with van der Waals surface area (Å²) in [5, 5.41) is 5.05. The molecule has 0 amide bonds. The van der Waals surface area contributed by atoms with E-state index < -0.39 is 21.2 Å². The van der Waals surface area contributed by atoms with Crippen molar-refractivity contribution in [2.75, 3.05) is 6.61 Å². The van der Waals surface area contributed by atoms with Crippen molar-refractivity contribution in [3.05, 3.63) is 35.2 Å². The maximum absolute atomic E-state index is 12.2. The van der Waals surface area contributed by atoms with Crippen LogP contribution in [0, 0.1) is 12.0 Å². The fourth-order valence-corrected chi connectivity index (χ4v) is 2.83. The van der Waals surface area contributed by atoms with Gasteiger partial charge in [0.1, 0.15) is 11.5 Å². The molecule has 1 rings (SSSR count). The molecular formula is C17H24N2O4S. The van der Waals surface area contributed by atoms with Gasteiger partial charge in [0.2, 0.25) is 15.7 Å². The largest absolute Gasteiger partial charge is 0.504 e. The van der Waals surface area contributed by atoms with E-state index in [0.29, 0.717) is 12.0 Å². The number of carbonyl (C=O) groups excluding carboxylic acids is 1. The van der Waals surface area contributed by atoms with Gasteiger partial charge in [-0.25, -0.2) is 18.4 Å². The van der Waals surface area contributed by atoms with Crippen molar-refractivity contribution < 1.29 is 17.9 Å². The lowest BCUT2D eigenvalue weighted by Crippen LogP contribution is -2.31. The Kier molecular flexibility index (Phi) is 6.93. The molecule has 24 heavy (non-hydrogen) atoms. The number of carbonyl (C=O) groups is 1. The van der Waals surface area contributed by atoms with Crippen LogP contribution in [0.25, 0.3) is 4.85 Å². The van der Waals surface area contributed by atoms with Gasteiger partial charge in [0.15, 0.2) is 0 Å². The number of hydrogen-bond acceptors (Lipinski definition) is 4. The summed E-state index contributed by atoms with van der Waals surface area (Å²) in [6.45, 7) is 13.0. The lowest BCUT2D eigenvalue weighted by Gasteiger charge is -2.24. The summed E-state index contributed by atoms with van der Waals surface area (Å²) in [7, 11) is -3.75. The molecule has 0 unspecified atom stereocenters. The SMILES string of the molecule is [C-]#[N+]c1c(CS(N)(=O)=O)cccc1OCC(C)(C)C(=O)CCCC. The van der Waals surface area contributed by atoms with Gasteiger partial charge in [0.25, 0.3) is 0 Å². The summed E-state index contributed by atoms with van der Waals surface area (Å²) in [6, 6.07) is 4.73. The first-order valence-corrected chi connectivity index (χ1v) is 9.48. The maximum Gasteiger partial charge on any atom is 0.232 e. The Morgan fingerprint density at radius 3 is 2.58 bits per heavy atom. The highest BCUT2D eigenvalue weighted by atomic mass is 32.2. The number of primary sulfonamides is 1. The molecule has 0 radical (unpaired) electrons. The molecule has 2 N–H and O–H groups in total. The summed E-state index contributed by atoms with van der Waals surface area (Å²) < 4.78 is 28.2. The highest BCUT2D eigenvalue weighted by molar-refractivity contribution is 7.88. The fourth-order valence-electron chi connectivity index (χ4n) is 2.16. The van der Waals surface area contributed by atoms with Crippen LogP contribution in [0.3, 0.4) is 0 Å². The molecule has 0 aliphatic carbocycles. The summed E-state index contributed by atoms with van der Waals surface area (Å²) in [6.07, 6.45) is 2.27. The van der Waals surface area contributed by atoms with Crippen molar-refractivity contribution >= 4 is 21.5 Å². The number of nitrogens with zero attached hydrogens (tertiary/aromatic N) is 1. The quantitative estimate of drug-likeness (QED) is 0.691. The van der Waals surface area contributed by atoms with Crippen molar-refractivity contribution in [1.82, 2.24) is 0 Å². The van der Waals surface area contributed by atoms with Crippen LogP contribution >= 0.6 is 0 Å². The number of ketones is 1. The molecule has 0 spiro atoms. The van der Waals surface area contributed by atoms with E-state index in [-0.39, 0.29) is 23.8 Å². The van der Waals surface area contributed by atoms with Crippen LogP contribution in [-0.2, 0) is 20.6 Å². The van der Waals surface area contributed by atoms with Gasteiger partial charge in [-0.2, -0.15) is 0 Å². The lowest BCUT2D eigenvalue weighted by molar-refractivity contribution is -0.128. The summed E-state index contributed by atoms with van der Waals surface area (Å²) >= 11 is 0. The zero-order chi connectivity index (χ0) is 18.4. The Labute approximate surface area is 143 Å². The van der Waals surface area contributed by atoms with Gasteiger partial charge in [-0.05, 0) is 31.9 Å². The number of sulfonamides is 1. The molecule has 0 saturated carbocycles. The third-order valence-electron chi connectivity index (χ3n) is 3.65. The molecule has 0 aromatic heterocycles. The zero-order valence-electron chi connectivity index (χ0n) is 14.3. The first-order chi connectivity index (χ1) is 11.1. The predicted octanol–water partition coefficient (Wildman–Crippen LogP) is 3.19. The molecule has 0 bridgehead atoms. The standard InChI is InChI=1S/C17H24N2O4S/c1-5-6-10-15(20)17(2,3)12-23-14-9-7-8-13(16(14)19-4)11-24(18,21)22/h7-9H,5-6,10-12H2,1-3H3,(H2,18,21,22). The number of hydrogen-bond donors (Lipinski definition) is 1. The number of Topliss-reactive ketones (excluding diaryl/α,β-unsaturated/α-hetero) is 1. The van der Waals surface area contributed by atoms with Crippen LogP contribution in [0.5, 0.6) is 5.75 Å². The first kappa shape index (κ1) is 20.1. The molecule has 7 heteroatoms. The van der Waals surface area contributed by atoms with Crippen LogP contribution in [0.1, 0.15) is 45.6 Å². The summed E-state index contributed by atoms with van der Waals surface area (Å²) in [4.78, 5) is 15.6. The van der Waals surface area contributed by atoms with Gasteiger partial charge in [0.05, 0.1) is 24.3 Å². The van der Waals surface area contributed by atoms with Crippen molar-refractivity contribution in [2.24, 2.45) is 10.6 Å². The van der Waals surface area contributed by atoms with E-state index in [1.165, 1.54) is 6.07 Å². The molecule has 0 aliphatic heterocycles.